The van der Waals surface area contributed by atoms with Gasteiger partial charge in [-0.15, -0.1) is 10.6 Å². The lowest BCUT2D eigenvalue weighted by molar-refractivity contribution is 0.0920. The van der Waals surface area contributed by atoms with Crippen LogP contribution in [0.1, 0.15) is 23.2 Å². The van der Waals surface area contributed by atoms with Crippen LogP contribution in [-0.4, -0.2) is 60.0 Å². The number of piperidine rings is 1. The number of pyridine rings is 1. The van der Waals surface area contributed by atoms with Crippen molar-refractivity contribution in [3.05, 3.63) is 35.8 Å². The normalized spacial score (nSPS) is 17.5. The van der Waals surface area contributed by atoms with Crippen LogP contribution >= 0.6 is 0 Å². The molecule has 1 aromatic heterocycles. The number of halogens is 1. The number of ether oxygens (including phenoxy) is 1. The molecule has 0 unspecified atom stereocenters. The fourth-order valence-electron chi connectivity index (χ4n) is 3.45. The van der Waals surface area contributed by atoms with Gasteiger partial charge < -0.3 is 15.0 Å². The molecule has 1 aromatic carbocycles. The lowest BCUT2D eigenvalue weighted by atomic mass is 10.0. The third-order valence-electron chi connectivity index (χ3n) is 5.01. The minimum absolute atomic E-state index is 0.0494. The zero-order valence-corrected chi connectivity index (χ0v) is 15.7. The number of rotatable bonds is 3. The number of nitrogens with one attached hydrogen (secondary N) is 3. The van der Waals surface area contributed by atoms with Crippen molar-refractivity contribution in [3.8, 4) is 5.75 Å². The molecule has 1 saturated heterocycles. The van der Waals surface area contributed by atoms with E-state index in [1.165, 1.54) is 25.4 Å². The molecule has 4 rings (SSSR count). The Balaban J connectivity index is 1.41. The summed E-state index contributed by atoms with van der Waals surface area (Å²) in [4.78, 5) is 19.0. The highest BCUT2D eigenvalue weighted by Gasteiger charge is 2.26. The Hall–Kier alpha value is -3.14. The van der Waals surface area contributed by atoms with Crippen LogP contribution in [0.15, 0.2) is 29.5 Å². The van der Waals surface area contributed by atoms with Crippen molar-refractivity contribution in [2.24, 2.45) is 5.10 Å². The van der Waals surface area contributed by atoms with E-state index in [-0.39, 0.29) is 11.9 Å². The summed E-state index contributed by atoms with van der Waals surface area (Å²) in [5.74, 6) is 0.508. The summed E-state index contributed by atoms with van der Waals surface area (Å²) in [6.07, 6.45) is 3.06. The third kappa shape index (κ3) is 3.50. The lowest BCUT2D eigenvalue weighted by Crippen LogP contribution is -2.51. The second kappa shape index (κ2) is 7.47. The first-order chi connectivity index (χ1) is 13.5. The van der Waals surface area contributed by atoms with E-state index in [1.54, 1.807) is 6.07 Å². The van der Waals surface area contributed by atoms with Gasteiger partial charge in [0.25, 0.3) is 5.91 Å². The number of carbonyl (C=O) groups excluding carboxylic acids is 1. The molecule has 0 aliphatic carbocycles. The molecule has 0 saturated carbocycles. The van der Waals surface area contributed by atoms with Crippen molar-refractivity contribution < 1.29 is 13.9 Å². The first-order valence-corrected chi connectivity index (χ1v) is 9.06. The van der Waals surface area contributed by atoms with E-state index in [9.17, 15) is 9.18 Å². The molecule has 1 amide bonds. The molecule has 0 spiro atoms. The number of hydrogen-bond acceptors (Lipinski definition) is 8. The van der Waals surface area contributed by atoms with Gasteiger partial charge in [0, 0.05) is 49.9 Å². The molecule has 10 heteroatoms. The van der Waals surface area contributed by atoms with Gasteiger partial charge in [-0.05, 0) is 18.9 Å². The zero-order chi connectivity index (χ0) is 19.7. The van der Waals surface area contributed by atoms with E-state index in [0.717, 1.165) is 31.9 Å². The Morgan fingerprint density at radius 1 is 1.32 bits per heavy atom. The van der Waals surface area contributed by atoms with E-state index in [2.05, 4.69) is 31.4 Å². The number of benzene rings is 1. The monoisotopic (exact) mass is 387 g/mol. The number of hydrogen-bond donors (Lipinski definition) is 3. The molecule has 148 valence electrons. The van der Waals surface area contributed by atoms with E-state index in [1.807, 2.05) is 12.1 Å². The quantitative estimate of drug-likeness (QED) is 0.717. The van der Waals surface area contributed by atoms with Gasteiger partial charge in [-0.25, -0.2) is 9.93 Å². The Bertz CT molecular complexity index is 928. The fraction of sp³-hybridized carbons (Fsp3) is 0.389. The minimum Gasteiger partial charge on any atom is -0.497 e. The molecular formula is C18H22FN7O2. The van der Waals surface area contributed by atoms with E-state index >= 15 is 0 Å². The van der Waals surface area contributed by atoms with Gasteiger partial charge in [0.15, 0.2) is 0 Å². The summed E-state index contributed by atoms with van der Waals surface area (Å²) >= 11 is 0. The minimum atomic E-state index is -0.464. The number of hydrazine groups is 2. The lowest BCUT2D eigenvalue weighted by Gasteiger charge is -2.34. The Labute approximate surface area is 161 Å². The molecule has 0 atom stereocenters. The molecule has 2 aromatic rings. The number of fused-ring (bicyclic) bond motifs is 1. The van der Waals surface area contributed by atoms with Crippen molar-refractivity contribution in [2.45, 2.75) is 18.9 Å². The van der Waals surface area contributed by atoms with Crippen molar-refractivity contribution in [2.75, 3.05) is 27.2 Å². The maximum atomic E-state index is 14.3. The SMILES string of the molecule is COc1cc(F)c2cc(C(=O)NC3CCN(C4=NNNN4C)CC3)cnc2c1. The number of likely N-dealkylation sites (tertiary alicyclic amines) is 1. The van der Waals surface area contributed by atoms with Crippen LogP contribution in [0.4, 0.5) is 4.39 Å². The molecule has 3 N–H and O–H groups in total. The van der Waals surface area contributed by atoms with Gasteiger partial charge in [-0.1, -0.05) is 0 Å². The van der Waals surface area contributed by atoms with Crippen LogP contribution in [0, 0.1) is 5.82 Å². The van der Waals surface area contributed by atoms with Gasteiger partial charge in [0.2, 0.25) is 5.96 Å². The van der Waals surface area contributed by atoms with Crippen LogP contribution in [-0.2, 0) is 0 Å². The van der Waals surface area contributed by atoms with E-state index in [0.29, 0.717) is 22.2 Å². The molecule has 28 heavy (non-hydrogen) atoms. The largest absolute Gasteiger partial charge is 0.497 e. The Morgan fingerprint density at radius 2 is 2.11 bits per heavy atom. The number of aromatic nitrogens is 1. The van der Waals surface area contributed by atoms with Gasteiger partial charge in [-0.3, -0.25) is 14.8 Å². The Morgan fingerprint density at radius 3 is 2.79 bits per heavy atom. The van der Waals surface area contributed by atoms with Gasteiger partial charge >= 0.3 is 0 Å². The van der Waals surface area contributed by atoms with Crippen LogP contribution in [0.3, 0.4) is 0 Å². The van der Waals surface area contributed by atoms with Crippen molar-refractivity contribution >= 4 is 22.8 Å². The highest BCUT2D eigenvalue weighted by Crippen LogP contribution is 2.24. The van der Waals surface area contributed by atoms with Crippen molar-refractivity contribution in [1.82, 2.24) is 31.3 Å². The summed E-state index contributed by atoms with van der Waals surface area (Å²) in [7, 11) is 3.35. The average Bonchev–Trinajstić information content (AvgIpc) is 3.14. The van der Waals surface area contributed by atoms with Gasteiger partial charge in [0.1, 0.15) is 11.6 Å². The van der Waals surface area contributed by atoms with Crippen LogP contribution in [0.5, 0.6) is 5.75 Å². The third-order valence-corrected chi connectivity index (χ3v) is 5.01. The molecular weight excluding hydrogens is 365 g/mol. The van der Waals surface area contributed by atoms with Crippen LogP contribution < -0.4 is 21.1 Å². The standard InChI is InChI=1S/C18H22FN7O2/c1-25-18(22-23-24-25)26-5-3-12(4-6-26)21-17(27)11-7-14-15(19)8-13(28-2)9-16(14)20-10-11/h7-10,12,23-24H,3-6H2,1-2H3,(H,21,27). The summed E-state index contributed by atoms with van der Waals surface area (Å²) in [5, 5.41) is 9.32. The molecule has 9 nitrogen and oxygen atoms in total. The molecule has 0 radical (unpaired) electrons. The second-order valence-corrected chi connectivity index (χ2v) is 6.83. The first kappa shape index (κ1) is 18.2. The van der Waals surface area contributed by atoms with Crippen molar-refractivity contribution in [1.29, 1.82) is 0 Å². The van der Waals surface area contributed by atoms with E-state index in [4.69, 9.17) is 4.74 Å². The predicted octanol–water partition coefficient (Wildman–Crippen LogP) is 0.802. The van der Waals surface area contributed by atoms with Crippen LogP contribution in [0.25, 0.3) is 10.9 Å². The van der Waals surface area contributed by atoms with E-state index < -0.39 is 5.82 Å². The fourth-order valence-corrected chi connectivity index (χ4v) is 3.45. The maximum absolute atomic E-state index is 14.3. The highest BCUT2D eigenvalue weighted by molar-refractivity contribution is 5.97. The smallest absolute Gasteiger partial charge is 0.253 e. The Kier molecular flexibility index (Phi) is 4.86. The summed E-state index contributed by atoms with van der Waals surface area (Å²) in [6.45, 7) is 1.56. The average molecular weight is 387 g/mol. The van der Waals surface area contributed by atoms with Gasteiger partial charge in [0.05, 0.1) is 18.2 Å². The molecule has 3 heterocycles. The molecule has 1 fully saturated rings. The zero-order valence-electron chi connectivity index (χ0n) is 15.7. The molecule has 2 aliphatic rings. The number of methoxy groups -OCH3 is 1. The molecule has 2 aliphatic heterocycles. The second-order valence-electron chi connectivity index (χ2n) is 6.83. The van der Waals surface area contributed by atoms with Crippen molar-refractivity contribution in [3.63, 3.8) is 0 Å². The number of carbonyl (C=O) groups is 1. The summed E-state index contributed by atoms with van der Waals surface area (Å²) in [6, 6.07) is 4.51. The topological polar surface area (TPSA) is 94.1 Å². The number of hydrazone groups is 1. The van der Waals surface area contributed by atoms with Gasteiger partial charge in [-0.2, -0.15) is 0 Å². The number of nitrogens with zero attached hydrogens (tertiary/aromatic N) is 4. The van der Waals surface area contributed by atoms with Crippen LogP contribution in [0.2, 0.25) is 0 Å². The highest BCUT2D eigenvalue weighted by atomic mass is 19.1. The molecule has 0 bridgehead atoms. The number of amides is 1. The summed E-state index contributed by atoms with van der Waals surface area (Å²) in [5.41, 5.74) is 6.39. The maximum Gasteiger partial charge on any atom is 0.253 e. The first-order valence-electron chi connectivity index (χ1n) is 9.06. The summed E-state index contributed by atoms with van der Waals surface area (Å²) < 4.78 is 19.3. The predicted molar refractivity (Wildman–Crippen MR) is 102 cm³/mol. The number of guanidine groups is 1.